The molecule has 0 bridgehead atoms. The molecule has 0 aliphatic carbocycles. The number of sulfonamides is 1. The first-order valence-corrected chi connectivity index (χ1v) is 10.7. The molecule has 152 valence electrons. The van der Waals surface area contributed by atoms with Crippen molar-refractivity contribution < 1.29 is 17.9 Å². The summed E-state index contributed by atoms with van der Waals surface area (Å²) in [5.41, 5.74) is 2.13. The van der Waals surface area contributed by atoms with Gasteiger partial charge in [-0.25, -0.2) is 13.1 Å². The van der Waals surface area contributed by atoms with Gasteiger partial charge in [-0.05, 0) is 61.2 Å². The maximum absolute atomic E-state index is 12.3. The zero-order valence-corrected chi connectivity index (χ0v) is 17.9. The zero-order valence-electron chi connectivity index (χ0n) is 16.4. The minimum atomic E-state index is -3.57. The van der Waals surface area contributed by atoms with Crippen molar-refractivity contribution in [3.63, 3.8) is 0 Å². The van der Waals surface area contributed by atoms with Gasteiger partial charge in [0.2, 0.25) is 10.0 Å². The number of anilines is 1. The lowest BCUT2D eigenvalue weighted by atomic mass is 10.2. The summed E-state index contributed by atoms with van der Waals surface area (Å²) in [7, 11) is -3.57. The van der Waals surface area contributed by atoms with E-state index in [-0.39, 0.29) is 23.3 Å². The first kappa shape index (κ1) is 22.2. The van der Waals surface area contributed by atoms with Crippen LogP contribution in [0.15, 0.2) is 41.3 Å². The van der Waals surface area contributed by atoms with Gasteiger partial charge >= 0.3 is 0 Å². The number of amides is 1. The van der Waals surface area contributed by atoms with Crippen LogP contribution in [0.2, 0.25) is 5.02 Å². The van der Waals surface area contributed by atoms with Crippen LogP contribution in [0.3, 0.4) is 0 Å². The Kier molecular flexibility index (Phi) is 7.46. The van der Waals surface area contributed by atoms with Crippen LogP contribution in [0, 0.1) is 19.8 Å². The molecule has 0 aliphatic rings. The summed E-state index contributed by atoms with van der Waals surface area (Å²) in [5, 5.41) is 3.28. The second-order valence-electron chi connectivity index (χ2n) is 6.97. The summed E-state index contributed by atoms with van der Waals surface area (Å²) in [6.07, 6.45) is 0. The van der Waals surface area contributed by atoms with E-state index in [2.05, 4.69) is 10.0 Å². The third kappa shape index (κ3) is 6.22. The van der Waals surface area contributed by atoms with Gasteiger partial charge < -0.3 is 10.1 Å². The monoisotopic (exact) mass is 424 g/mol. The molecule has 2 rings (SSSR count). The van der Waals surface area contributed by atoms with Gasteiger partial charge in [-0.15, -0.1) is 0 Å². The molecule has 0 aromatic heterocycles. The quantitative estimate of drug-likeness (QED) is 0.672. The molecule has 2 N–H and O–H groups in total. The molecule has 6 nitrogen and oxygen atoms in total. The van der Waals surface area contributed by atoms with Crippen LogP contribution in [0.25, 0.3) is 0 Å². The van der Waals surface area contributed by atoms with E-state index >= 15 is 0 Å². The molecule has 0 saturated carbocycles. The maximum Gasteiger partial charge on any atom is 0.262 e. The highest BCUT2D eigenvalue weighted by molar-refractivity contribution is 7.89. The van der Waals surface area contributed by atoms with Gasteiger partial charge in [0.1, 0.15) is 5.75 Å². The van der Waals surface area contributed by atoms with Crippen molar-refractivity contribution >= 4 is 33.2 Å². The molecule has 28 heavy (non-hydrogen) atoms. The van der Waals surface area contributed by atoms with Crippen LogP contribution in [0.4, 0.5) is 5.69 Å². The molecule has 0 heterocycles. The van der Waals surface area contributed by atoms with Gasteiger partial charge in [0.05, 0.1) is 4.90 Å². The minimum absolute atomic E-state index is 0.164. The summed E-state index contributed by atoms with van der Waals surface area (Å²) in [6, 6.07) is 9.77. The smallest absolute Gasteiger partial charge is 0.262 e. The Bertz CT molecular complexity index is 959. The van der Waals surface area contributed by atoms with Crippen LogP contribution in [0.1, 0.15) is 25.0 Å². The molecule has 0 unspecified atom stereocenters. The molecule has 2 aromatic carbocycles. The summed E-state index contributed by atoms with van der Waals surface area (Å²) >= 11 is 5.95. The number of aryl methyl sites for hydroxylation is 2. The van der Waals surface area contributed by atoms with Gasteiger partial charge in [-0.2, -0.15) is 0 Å². The minimum Gasteiger partial charge on any atom is -0.483 e. The Hall–Kier alpha value is -2.09. The van der Waals surface area contributed by atoms with E-state index in [0.717, 1.165) is 5.56 Å². The van der Waals surface area contributed by atoms with Crippen molar-refractivity contribution in [2.75, 3.05) is 18.5 Å². The SMILES string of the molecule is Cc1ccc(Cl)cc1NC(=O)COc1ccc(S(=O)(=O)NCC(C)C)cc1C. The van der Waals surface area contributed by atoms with E-state index in [4.69, 9.17) is 16.3 Å². The summed E-state index contributed by atoms with van der Waals surface area (Å²) in [4.78, 5) is 12.3. The number of rotatable bonds is 8. The molecule has 2 aromatic rings. The number of nitrogens with one attached hydrogen (secondary N) is 2. The maximum atomic E-state index is 12.3. The summed E-state index contributed by atoms with van der Waals surface area (Å²) in [6.45, 7) is 7.62. The van der Waals surface area contributed by atoms with Crippen LogP contribution < -0.4 is 14.8 Å². The molecule has 1 amide bonds. The number of benzene rings is 2. The Morgan fingerprint density at radius 1 is 1.11 bits per heavy atom. The highest BCUT2D eigenvalue weighted by atomic mass is 35.5. The van der Waals surface area contributed by atoms with Gasteiger partial charge in [0.15, 0.2) is 6.61 Å². The molecule has 8 heteroatoms. The van der Waals surface area contributed by atoms with Crippen molar-refractivity contribution in [1.82, 2.24) is 4.72 Å². The fourth-order valence-electron chi connectivity index (χ4n) is 2.37. The van der Waals surface area contributed by atoms with E-state index in [1.54, 1.807) is 25.1 Å². The normalized spacial score (nSPS) is 11.5. The Morgan fingerprint density at radius 2 is 1.82 bits per heavy atom. The number of carbonyl (C=O) groups is 1. The fourth-order valence-corrected chi connectivity index (χ4v) is 3.84. The molecule has 0 saturated heterocycles. The van der Waals surface area contributed by atoms with Crippen molar-refractivity contribution in [2.24, 2.45) is 5.92 Å². The van der Waals surface area contributed by atoms with E-state index < -0.39 is 10.0 Å². The van der Waals surface area contributed by atoms with Crippen molar-refractivity contribution in [2.45, 2.75) is 32.6 Å². The molecule has 0 spiro atoms. The fraction of sp³-hybridized carbons (Fsp3) is 0.350. The number of hydrogen-bond acceptors (Lipinski definition) is 4. The standard InChI is InChI=1S/C20H25ClN2O4S/c1-13(2)11-22-28(25,26)17-7-8-19(15(4)9-17)27-12-20(24)23-18-10-16(21)6-5-14(18)3/h5-10,13,22H,11-12H2,1-4H3,(H,23,24). The van der Waals surface area contributed by atoms with Gasteiger partial charge in [0.25, 0.3) is 5.91 Å². The second-order valence-corrected chi connectivity index (χ2v) is 9.17. The predicted molar refractivity (Wildman–Crippen MR) is 112 cm³/mol. The average Bonchev–Trinajstić information content (AvgIpc) is 2.62. The topological polar surface area (TPSA) is 84.5 Å². The lowest BCUT2D eigenvalue weighted by Gasteiger charge is -2.13. The van der Waals surface area contributed by atoms with Crippen LogP contribution in [-0.2, 0) is 14.8 Å². The number of carbonyl (C=O) groups excluding carboxylic acids is 1. The molecule has 0 aliphatic heterocycles. The van der Waals surface area contributed by atoms with Crippen LogP contribution in [0.5, 0.6) is 5.75 Å². The molecule has 0 fully saturated rings. The lowest BCUT2D eigenvalue weighted by molar-refractivity contribution is -0.118. The van der Waals surface area contributed by atoms with E-state index in [9.17, 15) is 13.2 Å². The summed E-state index contributed by atoms with van der Waals surface area (Å²) < 4.78 is 32.7. The predicted octanol–water partition coefficient (Wildman–Crippen LogP) is 3.91. The Labute approximate surface area is 171 Å². The molecule has 0 radical (unpaired) electrons. The van der Waals surface area contributed by atoms with Crippen LogP contribution >= 0.6 is 11.6 Å². The average molecular weight is 425 g/mol. The molecular formula is C20H25ClN2O4S. The van der Waals surface area contributed by atoms with Gasteiger partial charge in [-0.1, -0.05) is 31.5 Å². The number of halogens is 1. The first-order chi connectivity index (χ1) is 13.1. The van der Waals surface area contributed by atoms with Crippen LogP contribution in [-0.4, -0.2) is 27.5 Å². The van der Waals surface area contributed by atoms with E-state index in [1.807, 2.05) is 26.8 Å². The number of hydrogen-bond donors (Lipinski definition) is 2. The third-order valence-electron chi connectivity index (χ3n) is 3.97. The highest BCUT2D eigenvalue weighted by Gasteiger charge is 2.16. The summed E-state index contributed by atoms with van der Waals surface area (Å²) in [5.74, 6) is 0.320. The van der Waals surface area contributed by atoms with E-state index in [0.29, 0.717) is 28.6 Å². The Morgan fingerprint density at radius 3 is 2.46 bits per heavy atom. The van der Waals surface area contributed by atoms with Gasteiger partial charge in [0, 0.05) is 17.3 Å². The molecule has 0 atom stereocenters. The van der Waals surface area contributed by atoms with Crippen molar-refractivity contribution in [3.8, 4) is 5.75 Å². The van der Waals surface area contributed by atoms with Crippen molar-refractivity contribution in [1.29, 1.82) is 0 Å². The zero-order chi connectivity index (χ0) is 20.9. The molecular weight excluding hydrogens is 400 g/mol. The number of ether oxygens (including phenoxy) is 1. The van der Waals surface area contributed by atoms with Gasteiger partial charge in [-0.3, -0.25) is 4.79 Å². The van der Waals surface area contributed by atoms with E-state index in [1.165, 1.54) is 12.1 Å². The lowest BCUT2D eigenvalue weighted by Crippen LogP contribution is -2.27. The highest BCUT2D eigenvalue weighted by Crippen LogP contribution is 2.23. The largest absolute Gasteiger partial charge is 0.483 e. The Balaban J connectivity index is 2.01. The van der Waals surface area contributed by atoms with Crippen molar-refractivity contribution in [3.05, 3.63) is 52.5 Å². The second kappa shape index (κ2) is 9.41. The first-order valence-electron chi connectivity index (χ1n) is 8.87. The third-order valence-corrected chi connectivity index (χ3v) is 5.63.